The average Bonchev–Trinajstić information content (AvgIpc) is 2.90. The second kappa shape index (κ2) is 5.57. The Balaban J connectivity index is 2.39. The minimum absolute atomic E-state index is 1.20. The molecule has 0 radical (unpaired) electrons. The van der Waals surface area contributed by atoms with E-state index in [-0.39, 0.29) is 0 Å². The molecule has 0 N–H and O–H groups in total. The molecule has 1 heteroatoms. The van der Waals surface area contributed by atoms with E-state index in [2.05, 4.69) is 52.0 Å². The van der Waals surface area contributed by atoms with Crippen molar-refractivity contribution in [2.24, 2.45) is 0 Å². The summed E-state index contributed by atoms with van der Waals surface area (Å²) in [7, 11) is 0. The first kappa shape index (κ1) is 13.2. The van der Waals surface area contributed by atoms with E-state index in [1.165, 1.54) is 19.3 Å². The van der Waals surface area contributed by atoms with E-state index in [1.54, 1.807) is 17.6 Å². The molecule has 17 heavy (non-hydrogen) atoms. The van der Waals surface area contributed by atoms with Gasteiger partial charge in [0, 0.05) is 0 Å². The van der Waals surface area contributed by atoms with Crippen LogP contribution in [0.25, 0.3) is 0 Å². The molecule has 0 amide bonds. The summed E-state index contributed by atoms with van der Waals surface area (Å²) >= 11 is -1.63. The fourth-order valence-electron chi connectivity index (χ4n) is 2.87. The van der Waals surface area contributed by atoms with E-state index in [0.29, 0.717) is 0 Å². The summed E-state index contributed by atoms with van der Waals surface area (Å²) in [6.45, 7) is 9.35. The Bertz CT molecular complexity index is 478. The Hall–Kier alpha value is -0.287. The predicted molar refractivity (Wildman–Crippen MR) is 73.9 cm³/mol. The van der Waals surface area contributed by atoms with Gasteiger partial charge >= 0.3 is 113 Å². The van der Waals surface area contributed by atoms with Crippen molar-refractivity contribution in [3.05, 3.63) is 42.0 Å². The molecule has 90 valence electrons. The zero-order valence-electron chi connectivity index (χ0n) is 11.4. The summed E-state index contributed by atoms with van der Waals surface area (Å²) in [6.07, 6.45) is 13.1. The van der Waals surface area contributed by atoms with Gasteiger partial charge in [-0.1, -0.05) is 0 Å². The van der Waals surface area contributed by atoms with E-state index in [0.717, 1.165) is 0 Å². The third-order valence-electron chi connectivity index (χ3n) is 3.76. The first-order valence-electron chi connectivity index (χ1n) is 6.58. The molecule has 0 saturated heterocycles. The summed E-state index contributed by atoms with van der Waals surface area (Å²) in [5.41, 5.74) is 3.24. The van der Waals surface area contributed by atoms with Crippen LogP contribution < -0.4 is 0 Å². The SMILES string of the molecule is CCC1=CC[C]([Zr]([C]2=CC=CC2)=[C](C)C)=C1C. The minimum atomic E-state index is -1.63. The predicted octanol–water partition coefficient (Wildman–Crippen LogP) is 4.67. The van der Waals surface area contributed by atoms with Crippen LogP contribution in [-0.2, 0) is 21.3 Å². The molecule has 0 atom stereocenters. The van der Waals surface area contributed by atoms with Crippen molar-refractivity contribution in [3.63, 3.8) is 0 Å². The van der Waals surface area contributed by atoms with E-state index in [4.69, 9.17) is 0 Å². The van der Waals surface area contributed by atoms with Gasteiger partial charge < -0.3 is 0 Å². The van der Waals surface area contributed by atoms with Gasteiger partial charge in [-0.2, -0.15) is 0 Å². The fourth-order valence-corrected chi connectivity index (χ4v) is 10.4. The zero-order valence-corrected chi connectivity index (χ0v) is 13.9. The summed E-state index contributed by atoms with van der Waals surface area (Å²) in [5.74, 6) is 0. The van der Waals surface area contributed by atoms with Crippen LogP contribution in [0, 0.1) is 0 Å². The normalized spacial score (nSPS) is 18.6. The molecule has 0 heterocycles. The summed E-state index contributed by atoms with van der Waals surface area (Å²) < 4.78 is 5.33. The van der Waals surface area contributed by atoms with Gasteiger partial charge in [0.25, 0.3) is 0 Å². The van der Waals surface area contributed by atoms with Gasteiger partial charge in [-0.3, -0.25) is 0 Å². The number of rotatable bonds is 3. The van der Waals surface area contributed by atoms with Crippen molar-refractivity contribution < 1.29 is 21.3 Å². The first-order chi connectivity index (χ1) is 8.15. The molecule has 2 aliphatic rings. The van der Waals surface area contributed by atoms with Gasteiger partial charge in [-0.05, 0) is 0 Å². The van der Waals surface area contributed by atoms with Crippen LogP contribution in [0.5, 0.6) is 0 Å². The van der Waals surface area contributed by atoms with E-state index >= 15 is 0 Å². The van der Waals surface area contributed by atoms with Crippen molar-refractivity contribution in [1.29, 1.82) is 0 Å². The Labute approximate surface area is 113 Å². The van der Waals surface area contributed by atoms with Gasteiger partial charge in [0.1, 0.15) is 0 Å². The van der Waals surface area contributed by atoms with Gasteiger partial charge in [-0.15, -0.1) is 0 Å². The molecule has 0 fully saturated rings. The van der Waals surface area contributed by atoms with Crippen molar-refractivity contribution in [2.45, 2.75) is 47.0 Å². The van der Waals surface area contributed by atoms with E-state index < -0.39 is 21.3 Å². The molecule has 0 nitrogen and oxygen atoms in total. The van der Waals surface area contributed by atoms with Crippen molar-refractivity contribution in [1.82, 2.24) is 0 Å². The zero-order chi connectivity index (χ0) is 12.4. The maximum absolute atomic E-state index is 2.47. The second-order valence-electron chi connectivity index (χ2n) is 5.09. The molecule has 0 aromatic carbocycles. The van der Waals surface area contributed by atoms with Crippen LogP contribution in [0.2, 0.25) is 0 Å². The van der Waals surface area contributed by atoms with Crippen molar-refractivity contribution in [3.8, 4) is 0 Å². The Kier molecular flexibility index (Phi) is 4.31. The molecule has 0 saturated carbocycles. The molecule has 0 aromatic heterocycles. The molecule has 0 aliphatic heterocycles. The molecule has 0 aromatic rings. The summed E-state index contributed by atoms with van der Waals surface area (Å²) in [4.78, 5) is 0. The van der Waals surface area contributed by atoms with Gasteiger partial charge in [0.2, 0.25) is 0 Å². The third kappa shape index (κ3) is 2.60. The van der Waals surface area contributed by atoms with Crippen molar-refractivity contribution >= 4 is 3.21 Å². The van der Waals surface area contributed by atoms with Crippen LogP contribution in [0.1, 0.15) is 47.0 Å². The standard InChI is InChI=1S/C8H11.C5H5.C3H6.Zr/c1-3-8-6-4-5-7(8)2;1-2-4-5-3-1;1-3-2;/h6H,3-4H2,1-2H3;1-3H,4H2;1-2H3;. The van der Waals surface area contributed by atoms with Crippen LogP contribution in [-0.4, -0.2) is 3.21 Å². The maximum atomic E-state index is 2.47. The van der Waals surface area contributed by atoms with Crippen LogP contribution in [0.3, 0.4) is 0 Å². The van der Waals surface area contributed by atoms with Gasteiger partial charge in [-0.25, -0.2) is 0 Å². The topological polar surface area (TPSA) is 0 Å². The van der Waals surface area contributed by atoms with Gasteiger partial charge in [0.05, 0.1) is 0 Å². The fraction of sp³-hybridized carbons (Fsp3) is 0.438. The number of allylic oxidation sites excluding steroid dienone is 8. The Morgan fingerprint density at radius 2 is 2.06 bits per heavy atom. The number of hydrogen-bond acceptors (Lipinski definition) is 0. The third-order valence-corrected chi connectivity index (χ3v) is 11.6. The first-order valence-corrected chi connectivity index (χ1v) is 10.3. The monoisotopic (exact) mass is 304 g/mol. The van der Waals surface area contributed by atoms with E-state index in [9.17, 15) is 0 Å². The average molecular weight is 306 g/mol. The Morgan fingerprint density at radius 3 is 2.53 bits per heavy atom. The molecule has 2 aliphatic carbocycles. The molecule has 2 rings (SSSR count). The van der Waals surface area contributed by atoms with Crippen LogP contribution in [0.15, 0.2) is 42.0 Å². The summed E-state index contributed by atoms with van der Waals surface area (Å²) in [6, 6.07) is 0. The molecular weight excluding hydrogens is 283 g/mol. The molecule has 0 bridgehead atoms. The summed E-state index contributed by atoms with van der Waals surface area (Å²) in [5, 5.41) is 0. The second-order valence-corrected chi connectivity index (χ2v) is 12.5. The molecule has 0 spiro atoms. The quantitative estimate of drug-likeness (QED) is 0.710. The molecular formula is C16H22Zr. The number of hydrogen-bond donors (Lipinski definition) is 0. The van der Waals surface area contributed by atoms with Crippen LogP contribution >= 0.6 is 0 Å². The molecule has 0 unspecified atom stereocenters. The van der Waals surface area contributed by atoms with Crippen LogP contribution in [0.4, 0.5) is 0 Å². The van der Waals surface area contributed by atoms with E-state index in [1.807, 2.05) is 3.28 Å². The van der Waals surface area contributed by atoms with Gasteiger partial charge in [0.15, 0.2) is 0 Å². The Morgan fingerprint density at radius 1 is 1.29 bits per heavy atom. The van der Waals surface area contributed by atoms with Crippen molar-refractivity contribution in [2.75, 3.05) is 0 Å².